The van der Waals surface area contributed by atoms with E-state index in [0.717, 1.165) is 11.4 Å². The molecule has 0 saturated carbocycles. The van der Waals surface area contributed by atoms with Crippen molar-refractivity contribution in [3.63, 3.8) is 0 Å². The van der Waals surface area contributed by atoms with E-state index in [0.29, 0.717) is 19.3 Å². The van der Waals surface area contributed by atoms with Gasteiger partial charge >= 0.3 is 11.9 Å². The molecule has 0 fully saturated rings. The summed E-state index contributed by atoms with van der Waals surface area (Å²) in [5.74, 6) is -2.18. The number of carboxylic acids is 1. The minimum atomic E-state index is -0.852. The van der Waals surface area contributed by atoms with Crippen molar-refractivity contribution >= 4 is 29.4 Å². The molecular formula is C18H27NO4S. The summed E-state index contributed by atoms with van der Waals surface area (Å²) in [6.07, 6.45) is 7.52. The van der Waals surface area contributed by atoms with E-state index in [4.69, 9.17) is 4.74 Å². The van der Waals surface area contributed by atoms with E-state index in [2.05, 4.69) is 4.98 Å². The van der Waals surface area contributed by atoms with E-state index in [1.165, 1.54) is 11.3 Å². The van der Waals surface area contributed by atoms with E-state index in [1.54, 1.807) is 6.20 Å². The van der Waals surface area contributed by atoms with Gasteiger partial charge in [-0.25, -0.2) is 4.98 Å². The third-order valence-electron chi connectivity index (χ3n) is 3.43. The minimum absolute atomic E-state index is 0.292. The fraction of sp³-hybridized carbons (Fsp3) is 0.611. The Balaban J connectivity index is 2.80. The number of aromatic nitrogens is 1. The number of carbonyl (C=O) groups is 2. The van der Waals surface area contributed by atoms with Crippen LogP contribution in [0, 0.1) is 11.8 Å². The number of nitrogens with zero attached hydrogens (tertiary/aromatic N) is 1. The Morgan fingerprint density at radius 3 is 2.58 bits per heavy atom. The van der Waals surface area contributed by atoms with Gasteiger partial charge in [0.15, 0.2) is 0 Å². The fourth-order valence-electron chi connectivity index (χ4n) is 2.36. The summed E-state index contributed by atoms with van der Waals surface area (Å²) in [5.41, 5.74) is -0.585. The third kappa shape index (κ3) is 7.73. The van der Waals surface area contributed by atoms with Crippen molar-refractivity contribution in [3.8, 4) is 0 Å². The molecule has 1 aromatic rings. The van der Waals surface area contributed by atoms with Crippen LogP contribution in [0.1, 0.15) is 58.4 Å². The number of ether oxygens (including phenoxy) is 1. The summed E-state index contributed by atoms with van der Waals surface area (Å²) in [4.78, 5) is 28.0. The van der Waals surface area contributed by atoms with Crippen molar-refractivity contribution in [3.05, 3.63) is 22.7 Å². The molecule has 24 heavy (non-hydrogen) atoms. The lowest BCUT2D eigenvalue weighted by molar-refractivity contribution is -0.161. The predicted octanol–water partition coefficient (Wildman–Crippen LogP) is 4.40. The van der Waals surface area contributed by atoms with Crippen LogP contribution in [-0.4, -0.2) is 27.6 Å². The van der Waals surface area contributed by atoms with Crippen molar-refractivity contribution < 1.29 is 19.4 Å². The van der Waals surface area contributed by atoms with Crippen LogP contribution in [0.25, 0.3) is 6.08 Å². The van der Waals surface area contributed by atoms with Crippen molar-refractivity contribution in [1.29, 1.82) is 0 Å². The van der Waals surface area contributed by atoms with Crippen LogP contribution in [-0.2, 0) is 14.3 Å². The smallest absolute Gasteiger partial charge is 0.309 e. The molecule has 134 valence electrons. The summed E-state index contributed by atoms with van der Waals surface area (Å²) < 4.78 is 5.47. The number of hydrogen-bond donors (Lipinski definition) is 1. The Hall–Kier alpha value is -1.69. The maximum Gasteiger partial charge on any atom is 0.309 e. The highest BCUT2D eigenvalue weighted by Gasteiger charge is 2.29. The number of allylic oxidation sites excluding steroid dienone is 1. The summed E-state index contributed by atoms with van der Waals surface area (Å²) in [6, 6.07) is 0. The van der Waals surface area contributed by atoms with E-state index < -0.39 is 23.4 Å². The van der Waals surface area contributed by atoms with Gasteiger partial charge in [0.25, 0.3) is 0 Å². The van der Waals surface area contributed by atoms with Crippen LogP contribution >= 0.6 is 11.3 Å². The topological polar surface area (TPSA) is 76.5 Å². The molecule has 6 heteroatoms. The second-order valence-corrected chi connectivity index (χ2v) is 7.72. The summed E-state index contributed by atoms with van der Waals surface area (Å²) in [6.45, 7) is 7.39. The molecule has 0 aliphatic carbocycles. The summed E-state index contributed by atoms with van der Waals surface area (Å²) >= 11 is 1.51. The van der Waals surface area contributed by atoms with Gasteiger partial charge in [0.05, 0.1) is 11.8 Å². The van der Waals surface area contributed by atoms with Crippen LogP contribution in [0.3, 0.4) is 0 Å². The molecule has 0 saturated heterocycles. The molecular weight excluding hydrogens is 326 g/mol. The Morgan fingerprint density at radius 2 is 2.08 bits per heavy atom. The zero-order valence-corrected chi connectivity index (χ0v) is 15.6. The fourth-order valence-corrected chi connectivity index (χ4v) is 2.92. The molecule has 0 aliphatic rings. The molecule has 0 spiro atoms. The molecule has 1 N–H and O–H groups in total. The average Bonchev–Trinajstić information content (AvgIpc) is 2.96. The molecule has 1 rings (SSSR count). The zero-order chi connectivity index (χ0) is 18.2. The van der Waals surface area contributed by atoms with Crippen LogP contribution in [0.2, 0.25) is 0 Å². The van der Waals surface area contributed by atoms with Crippen LogP contribution in [0.15, 0.2) is 17.7 Å². The normalized spacial score (nSPS) is 14.5. The average molecular weight is 353 g/mol. The Bertz CT molecular complexity index is 546. The second-order valence-electron chi connectivity index (χ2n) is 6.80. The largest absolute Gasteiger partial charge is 0.481 e. The van der Waals surface area contributed by atoms with Crippen molar-refractivity contribution in [2.45, 2.75) is 59.0 Å². The first-order chi connectivity index (χ1) is 11.2. The summed E-state index contributed by atoms with van der Waals surface area (Å²) in [5, 5.41) is 12.1. The van der Waals surface area contributed by atoms with Crippen LogP contribution in [0.4, 0.5) is 0 Å². The van der Waals surface area contributed by atoms with Gasteiger partial charge < -0.3 is 9.84 Å². The Labute approximate surface area is 147 Å². The SMILES string of the molecule is CCCC(C[C@@H](C/C=C\c1nccs1)C(=O)OC(C)(C)C)C(=O)O. The molecule has 0 amide bonds. The highest BCUT2D eigenvalue weighted by molar-refractivity contribution is 7.10. The van der Waals surface area contributed by atoms with Gasteiger partial charge in [-0.15, -0.1) is 11.3 Å². The second kappa shape index (κ2) is 9.57. The molecule has 1 aromatic heterocycles. The zero-order valence-electron chi connectivity index (χ0n) is 14.8. The lowest BCUT2D eigenvalue weighted by Gasteiger charge is -2.25. The Morgan fingerprint density at radius 1 is 1.38 bits per heavy atom. The number of rotatable bonds is 9. The van der Waals surface area contributed by atoms with Gasteiger partial charge in [0, 0.05) is 11.6 Å². The van der Waals surface area contributed by atoms with Gasteiger partial charge in [-0.2, -0.15) is 0 Å². The Kier molecular flexibility index (Phi) is 8.11. The number of carboxylic acid groups (broad SMARTS) is 1. The lowest BCUT2D eigenvalue weighted by atomic mass is 9.89. The van der Waals surface area contributed by atoms with E-state index in [9.17, 15) is 14.7 Å². The van der Waals surface area contributed by atoms with E-state index in [1.807, 2.05) is 45.2 Å². The first kappa shape index (κ1) is 20.4. The van der Waals surface area contributed by atoms with Crippen LogP contribution < -0.4 is 0 Å². The molecule has 1 unspecified atom stereocenters. The third-order valence-corrected chi connectivity index (χ3v) is 4.17. The van der Waals surface area contributed by atoms with E-state index in [-0.39, 0.29) is 5.97 Å². The van der Waals surface area contributed by atoms with Gasteiger partial charge in [0.1, 0.15) is 10.6 Å². The maximum absolute atomic E-state index is 12.5. The minimum Gasteiger partial charge on any atom is -0.481 e. The molecule has 0 aromatic carbocycles. The summed E-state index contributed by atoms with van der Waals surface area (Å²) in [7, 11) is 0. The number of aliphatic carboxylic acids is 1. The molecule has 0 aliphatic heterocycles. The highest BCUT2D eigenvalue weighted by atomic mass is 32.1. The molecule has 0 bridgehead atoms. The van der Waals surface area contributed by atoms with Crippen molar-refractivity contribution in [1.82, 2.24) is 4.98 Å². The van der Waals surface area contributed by atoms with Gasteiger partial charge in [-0.3, -0.25) is 9.59 Å². The number of thiazole rings is 1. The molecule has 2 atom stereocenters. The standard InChI is InChI=1S/C18H27NO4S/c1-5-7-13(16(20)21)12-14(17(22)23-18(2,3)4)8-6-9-15-19-10-11-24-15/h6,9-11,13-14H,5,7-8,12H2,1-4H3,(H,20,21)/b9-6-/t13?,14-/m1/s1. The maximum atomic E-state index is 12.5. The quantitative estimate of drug-likeness (QED) is 0.666. The predicted molar refractivity (Wildman–Crippen MR) is 95.8 cm³/mol. The monoisotopic (exact) mass is 353 g/mol. The first-order valence-electron chi connectivity index (χ1n) is 8.24. The molecule has 1 heterocycles. The van der Waals surface area contributed by atoms with Crippen molar-refractivity contribution in [2.24, 2.45) is 11.8 Å². The van der Waals surface area contributed by atoms with Crippen LogP contribution in [0.5, 0.6) is 0 Å². The number of esters is 1. The van der Waals surface area contributed by atoms with Gasteiger partial charge in [0.2, 0.25) is 0 Å². The molecule has 0 radical (unpaired) electrons. The lowest BCUT2D eigenvalue weighted by Crippen LogP contribution is -2.31. The number of carbonyl (C=O) groups excluding carboxylic acids is 1. The van der Waals surface area contributed by atoms with Gasteiger partial charge in [-0.1, -0.05) is 19.4 Å². The number of hydrogen-bond acceptors (Lipinski definition) is 5. The van der Waals surface area contributed by atoms with E-state index >= 15 is 0 Å². The first-order valence-corrected chi connectivity index (χ1v) is 9.12. The van der Waals surface area contributed by atoms with Gasteiger partial charge in [-0.05, 0) is 46.1 Å². The highest BCUT2D eigenvalue weighted by Crippen LogP contribution is 2.25. The van der Waals surface area contributed by atoms with Crippen molar-refractivity contribution in [2.75, 3.05) is 0 Å². The molecule has 5 nitrogen and oxygen atoms in total.